The van der Waals surface area contributed by atoms with Crippen LogP contribution in [0.15, 0.2) is 81.1 Å². The third-order valence-electron chi connectivity index (χ3n) is 5.88. The molecule has 1 fully saturated rings. The second-order valence-electron chi connectivity index (χ2n) is 8.23. The van der Waals surface area contributed by atoms with Gasteiger partial charge in [0, 0.05) is 24.7 Å². The fourth-order valence-electron chi connectivity index (χ4n) is 3.98. The van der Waals surface area contributed by atoms with Crippen molar-refractivity contribution in [2.75, 3.05) is 13.1 Å². The van der Waals surface area contributed by atoms with Crippen molar-refractivity contribution >= 4 is 31.6 Å². The molecule has 1 saturated heterocycles. The van der Waals surface area contributed by atoms with Crippen LogP contribution in [-0.4, -0.2) is 38.5 Å². The Morgan fingerprint density at radius 2 is 1.44 bits per heavy atom. The standard InChI is InChI=1S/C24H27ClN2O5S2/c25-24-10-4-3-8-20(24)18-27(19-21-9-7-17-32-21)34(30,31)23-13-11-22(12-14-23)33(28,29)26-15-5-1-2-6-16-26/h3-4,7-14,17H,1-2,5-6,15-16,18-19H2. The van der Waals surface area contributed by atoms with E-state index in [4.69, 9.17) is 16.0 Å². The Kier molecular flexibility index (Phi) is 7.79. The normalized spacial score (nSPS) is 15.9. The smallest absolute Gasteiger partial charge is 0.243 e. The molecular formula is C24H27ClN2O5S2. The first kappa shape index (κ1) is 24.9. The Morgan fingerprint density at radius 1 is 0.794 bits per heavy atom. The molecule has 0 amide bonds. The molecule has 182 valence electrons. The fraction of sp³-hybridized carbons (Fsp3) is 0.333. The largest absolute Gasteiger partial charge is 0.468 e. The number of hydrogen-bond donors (Lipinski definition) is 0. The molecular weight excluding hydrogens is 496 g/mol. The summed E-state index contributed by atoms with van der Waals surface area (Å²) in [6.07, 6.45) is 5.17. The summed E-state index contributed by atoms with van der Waals surface area (Å²) in [7, 11) is -7.65. The van der Waals surface area contributed by atoms with E-state index in [0.717, 1.165) is 25.7 Å². The molecule has 0 atom stereocenters. The minimum Gasteiger partial charge on any atom is -0.468 e. The first-order valence-electron chi connectivity index (χ1n) is 11.1. The van der Waals surface area contributed by atoms with Crippen LogP contribution in [0.1, 0.15) is 37.0 Å². The van der Waals surface area contributed by atoms with Crippen molar-refractivity contribution in [3.05, 3.63) is 83.3 Å². The summed E-state index contributed by atoms with van der Waals surface area (Å²) in [4.78, 5) is 0.0953. The van der Waals surface area contributed by atoms with Gasteiger partial charge in [-0.1, -0.05) is 42.6 Å². The average molecular weight is 523 g/mol. The van der Waals surface area contributed by atoms with Gasteiger partial charge in [-0.05, 0) is 60.9 Å². The van der Waals surface area contributed by atoms with Gasteiger partial charge in [-0.15, -0.1) is 0 Å². The van der Waals surface area contributed by atoms with Crippen molar-refractivity contribution < 1.29 is 21.3 Å². The minimum atomic E-state index is -3.98. The number of furan rings is 1. The number of sulfonamides is 2. The van der Waals surface area contributed by atoms with Crippen molar-refractivity contribution in [2.45, 2.75) is 48.6 Å². The topological polar surface area (TPSA) is 87.9 Å². The number of hydrogen-bond acceptors (Lipinski definition) is 5. The average Bonchev–Trinajstić information content (AvgIpc) is 3.18. The number of halogens is 1. The zero-order valence-electron chi connectivity index (χ0n) is 18.6. The molecule has 0 unspecified atom stereocenters. The van der Waals surface area contributed by atoms with Crippen molar-refractivity contribution in [3.63, 3.8) is 0 Å². The molecule has 1 aliphatic heterocycles. The summed E-state index contributed by atoms with van der Waals surface area (Å²) in [6, 6.07) is 15.9. The summed E-state index contributed by atoms with van der Waals surface area (Å²) < 4.78 is 61.4. The van der Waals surface area contributed by atoms with Gasteiger partial charge in [0.15, 0.2) is 0 Å². The Hall–Kier alpha value is -2.17. The number of benzene rings is 2. The molecule has 2 aromatic carbocycles. The van der Waals surface area contributed by atoms with Crippen molar-refractivity contribution in [1.82, 2.24) is 8.61 Å². The Labute approximate surface area is 206 Å². The molecule has 7 nitrogen and oxygen atoms in total. The maximum atomic E-state index is 13.6. The van der Waals surface area contributed by atoms with Crippen molar-refractivity contribution in [2.24, 2.45) is 0 Å². The van der Waals surface area contributed by atoms with Gasteiger partial charge >= 0.3 is 0 Å². The second kappa shape index (κ2) is 10.6. The highest BCUT2D eigenvalue weighted by molar-refractivity contribution is 7.89. The van der Waals surface area contributed by atoms with E-state index in [1.54, 1.807) is 36.4 Å². The van der Waals surface area contributed by atoms with E-state index in [-0.39, 0.29) is 22.9 Å². The monoisotopic (exact) mass is 522 g/mol. The van der Waals surface area contributed by atoms with E-state index >= 15 is 0 Å². The third-order valence-corrected chi connectivity index (χ3v) is 9.97. The Bertz CT molecular complexity index is 1300. The predicted octanol–water partition coefficient (Wildman–Crippen LogP) is 4.89. The molecule has 0 saturated carbocycles. The van der Waals surface area contributed by atoms with Crippen LogP contribution in [0.5, 0.6) is 0 Å². The highest BCUT2D eigenvalue weighted by atomic mass is 35.5. The van der Waals surface area contributed by atoms with E-state index in [1.165, 1.54) is 39.1 Å². The fourth-order valence-corrected chi connectivity index (χ4v) is 7.08. The van der Waals surface area contributed by atoms with E-state index < -0.39 is 20.0 Å². The molecule has 2 heterocycles. The summed E-state index contributed by atoms with van der Waals surface area (Å²) in [6.45, 7) is 1.01. The van der Waals surface area contributed by atoms with Crippen LogP contribution < -0.4 is 0 Å². The van der Waals surface area contributed by atoms with Crippen molar-refractivity contribution in [3.8, 4) is 0 Å². The molecule has 0 radical (unpaired) electrons. The highest BCUT2D eigenvalue weighted by Crippen LogP contribution is 2.27. The summed E-state index contributed by atoms with van der Waals surface area (Å²) in [5.74, 6) is 0.482. The lowest BCUT2D eigenvalue weighted by Crippen LogP contribution is -2.32. The second-order valence-corrected chi connectivity index (χ2v) is 12.5. The lowest BCUT2D eigenvalue weighted by molar-refractivity contribution is 0.358. The molecule has 0 spiro atoms. The van der Waals surface area contributed by atoms with Crippen LogP contribution in [0.3, 0.4) is 0 Å². The van der Waals surface area contributed by atoms with Crippen LogP contribution in [0.25, 0.3) is 0 Å². The number of rotatable bonds is 8. The third kappa shape index (κ3) is 5.55. The lowest BCUT2D eigenvalue weighted by atomic mass is 10.2. The quantitative estimate of drug-likeness (QED) is 0.420. The minimum absolute atomic E-state index is 0.000857. The summed E-state index contributed by atoms with van der Waals surface area (Å²) in [5, 5.41) is 0.459. The highest BCUT2D eigenvalue weighted by Gasteiger charge is 2.29. The van der Waals surface area contributed by atoms with Gasteiger partial charge in [0.25, 0.3) is 0 Å². The van der Waals surface area contributed by atoms with E-state index in [0.29, 0.717) is 29.4 Å². The Morgan fingerprint density at radius 3 is 2.06 bits per heavy atom. The molecule has 4 rings (SSSR count). The van der Waals surface area contributed by atoms with Gasteiger partial charge in [0.2, 0.25) is 20.0 Å². The zero-order valence-corrected chi connectivity index (χ0v) is 21.0. The van der Waals surface area contributed by atoms with Crippen LogP contribution in [-0.2, 0) is 33.1 Å². The van der Waals surface area contributed by atoms with Gasteiger partial charge in [0.1, 0.15) is 5.76 Å². The van der Waals surface area contributed by atoms with Crippen LogP contribution in [0, 0.1) is 0 Å². The predicted molar refractivity (Wildman–Crippen MR) is 130 cm³/mol. The van der Waals surface area contributed by atoms with E-state index in [9.17, 15) is 16.8 Å². The lowest BCUT2D eigenvalue weighted by Gasteiger charge is -2.23. The molecule has 10 heteroatoms. The maximum absolute atomic E-state index is 13.6. The van der Waals surface area contributed by atoms with Crippen molar-refractivity contribution in [1.29, 1.82) is 0 Å². The van der Waals surface area contributed by atoms with Gasteiger partial charge in [-0.25, -0.2) is 16.8 Å². The van der Waals surface area contributed by atoms with E-state index in [1.807, 2.05) is 0 Å². The molecule has 3 aromatic rings. The SMILES string of the molecule is O=S(=O)(c1ccc(S(=O)(=O)N(Cc2ccco2)Cc2ccccc2Cl)cc1)N1CCCCCC1. The molecule has 0 aliphatic carbocycles. The van der Waals surface area contributed by atoms with Gasteiger partial charge in [0.05, 0.1) is 22.6 Å². The van der Waals surface area contributed by atoms with Gasteiger partial charge in [-0.3, -0.25) is 0 Å². The molecule has 1 aromatic heterocycles. The molecule has 1 aliphatic rings. The molecule has 34 heavy (non-hydrogen) atoms. The first-order chi connectivity index (χ1) is 16.3. The van der Waals surface area contributed by atoms with Gasteiger partial charge in [-0.2, -0.15) is 8.61 Å². The summed E-state index contributed by atoms with van der Waals surface area (Å²) in [5.41, 5.74) is 0.652. The Balaban J connectivity index is 1.62. The van der Waals surface area contributed by atoms with E-state index in [2.05, 4.69) is 0 Å². The van der Waals surface area contributed by atoms with Crippen LogP contribution in [0.4, 0.5) is 0 Å². The first-order valence-corrected chi connectivity index (χ1v) is 14.4. The summed E-state index contributed by atoms with van der Waals surface area (Å²) >= 11 is 6.29. The molecule has 0 bridgehead atoms. The van der Waals surface area contributed by atoms with Gasteiger partial charge < -0.3 is 4.42 Å². The van der Waals surface area contributed by atoms with Crippen LogP contribution >= 0.6 is 11.6 Å². The zero-order chi connectivity index (χ0) is 24.2. The molecule has 0 N–H and O–H groups in total. The maximum Gasteiger partial charge on any atom is 0.243 e. The van der Waals surface area contributed by atoms with Crippen LogP contribution in [0.2, 0.25) is 5.02 Å². The number of nitrogens with zero attached hydrogens (tertiary/aromatic N) is 2.